The Morgan fingerprint density at radius 1 is 0.732 bits per heavy atom. The van der Waals surface area contributed by atoms with E-state index in [0.29, 0.717) is 11.8 Å². The van der Waals surface area contributed by atoms with E-state index in [1.165, 1.54) is 91.8 Å². The summed E-state index contributed by atoms with van der Waals surface area (Å²) in [5.74, 6) is 2.06. The van der Waals surface area contributed by atoms with Gasteiger partial charge in [-0.05, 0) is 72.9 Å². The van der Waals surface area contributed by atoms with E-state index in [1.54, 1.807) is 0 Å². The zero-order chi connectivity index (χ0) is 26.5. The molecule has 209 valence electrons. The van der Waals surface area contributed by atoms with E-state index in [2.05, 4.69) is 77.4 Å². The van der Waals surface area contributed by atoms with E-state index in [-0.39, 0.29) is 20.1 Å². The van der Waals surface area contributed by atoms with Crippen LogP contribution in [0.3, 0.4) is 0 Å². The molecule has 0 aliphatic heterocycles. The first-order chi connectivity index (χ1) is 19.9. The van der Waals surface area contributed by atoms with Crippen LogP contribution in [0.25, 0.3) is 50.0 Å². The Kier molecular flexibility index (Phi) is 7.31. The van der Waals surface area contributed by atoms with Gasteiger partial charge in [-0.15, -0.1) is 35.9 Å². The molecule has 2 aliphatic carbocycles. The van der Waals surface area contributed by atoms with Crippen molar-refractivity contribution in [3.05, 3.63) is 96.1 Å². The largest absolute Gasteiger partial charge is 0.456 e. The molecule has 0 atom stereocenters. The Labute approximate surface area is 255 Å². The van der Waals surface area contributed by atoms with Gasteiger partial charge in [0, 0.05) is 25.5 Å². The second-order valence-electron chi connectivity index (χ2n) is 11.9. The van der Waals surface area contributed by atoms with Crippen molar-refractivity contribution in [1.82, 2.24) is 9.55 Å². The van der Waals surface area contributed by atoms with Crippen LogP contribution in [0.15, 0.2) is 83.3 Å². The maximum absolute atomic E-state index is 6.83. The zero-order valence-corrected chi connectivity index (χ0v) is 25.8. The van der Waals surface area contributed by atoms with Crippen molar-refractivity contribution in [2.24, 2.45) is 0 Å². The molecule has 0 saturated heterocycles. The predicted octanol–water partition coefficient (Wildman–Crippen LogP) is 10.5. The number of fused-ring (bicyclic) bond motifs is 4. The van der Waals surface area contributed by atoms with Crippen LogP contribution in [0, 0.1) is 6.07 Å². The first-order valence-corrected chi connectivity index (χ1v) is 15.3. The smallest absolute Gasteiger partial charge is 0.141 e. The molecule has 0 bridgehead atoms. The number of benzene rings is 4. The summed E-state index contributed by atoms with van der Waals surface area (Å²) in [6, 6.07) is 31.6. The molecule has 41 heavy (non-hydrogen) atoms. The van der Waals surface area contributed by atoms with Crippen LogP contribution in [-0.2, 0) is 20.1 Å². The minimum Gasteiger partial charge on any atom is -0.456 e. The number of hydrogen-bond acceptors (Lipinski definition) is 2. The molecule has 2 aromatic heterocycles. The SMILES string of the molecule is [Ir].[c-]1ccccc1-c1nc2ccccc2n1-c1c(C2CCCCC2)cc(C2CCCCC2)c2oc3ccccc3c12. The third kappa shape index (κ3) is 4.57. The summed E-state index contributed by atoms with van der Waals surface area (Å²) in [5, 5.41) is 2.47. The van der Waals surface area contributed by atoms with Crippen LogP contribution in [0.4, 0.5) is 0 Å². The van der Waals surface area contributed by atoms with Gasteiger partial charge < -0.3 is 8.98 Å². The van der Waals surface area contributed by atoms with Gasteiger partial charge in [-0.2, -0.15) is 0 Å². The molecule has 2 heterocycles. The number of hydrogen-bond donors (Lipinski definition) is 0. The van der Waals surface area contributed by atoms with Crippen molar-refractivity contribution in [2.45, 2.75) is 76.0 Å². The van der Waals surface area contributed by atoms with E-state index in [9.17, 15) is 0 Å². The minimum atomic E-state index is 0. The van der Waals surface area contributed by atoms with Gasteiger partial charge in [0.25, 0.3) is 0 Å². The minimum absolute atomic E-state index is 0. The second-order valence-corrected chi connectivity index (χ2v) is 11.9. The average Bonchev–Trinajstić information content (AvgIpc) is 3.61. The predicted molar refractivity (Wildman–Crippen MR) is 164 cm³/mol. The first kappa shape index (κ1) is 26.7. The molecule has 0 N–H and O–H groups in total. The van der Waals surface area contributed by atoms with Crippen LogP contribution in [0.5, 0.6) is 0 Å². The number of furan rings is 1. The van der Waals surface area contributed by atoms with Gasteiger partial charge in [0.15, 0.2) is 0 Å². The standard InChI is InChI=1S/C37H35N2O.Ir/c1-4-14-25(15-5-1)29-24-30(26-16-6-2-7-17-26)36-34(28-20-10-13-23-33(28)40-36)35(29)39-32-22-12-11-21-31(32)38-37(39)27-18-8-3-9-19-27;/h3,8-13,18,20-26H,1-2,4-7,14-17H2;/q-1;. The van der Waals surface area contributed by atoms with Crippen molar-refractivity contribution in [3.63, 3.8) is 0 Å². The quantitative estimate of drug-likeness (QED) is 0.170. The van der Waals surface area contributed by atoms with E-state index < -0.39 is 0 Å². The average molecular weight is 716 g/mol. The van der Waals surface area contributed by atoms with Crippen LogP contribution in [-0.4, -0.2) is 9.55 Å². The Hall–Kier alpha value is -3.20. The molecule has 3 nitrogen and oxygen atoms in total. The fourth-order valence-corrected chi connectivity index (χ4v) is 7.58. The van der Waals surface area contributed by atoms with Crippen molar-refractivity contribution in [2.75, 3.05) is 0 Å². The Bertz CT molecular complexity index is 1820. The van der Waals surface area contributed by atoms with Gasteiger partial charge in [0.2, 0.25) is 0 Å². The summed E-state index contributed by atoms with van der Waals surface area (Å²) < 4.78 is 9.28. The fourth-order valence-electron chi connectivity index (χ4n) is 7.58. The van der Waals surface area contributed by atoms with Crippen molar-refractivity contribution < 1.29 is 24.5 Å². The van der Waals surface area contributed by atoms with Crippen molar-refractivity contribution in [1.29, 1.82) is 0 Å². The van der Waals surface area contributed by atoms with E-state index in [1.807, 2.05) is 12.1 Å². The molecule has 1 radical (unpaired) electrons. The third-order valence-electron chi connectivity index (χ3n) is 9.50. The van der Waals surface area contributed by atoms with E-state index in [0.717, 1.165) is 33.6 Å². The monoisotopic (exact) mass is 716 g/mol. The second kappa shape index (κ2) is 11.2. The summed E-state index contributed by atoms with van der Waals surface area (Å²) in [4.78, 5) is 5.23. The summed E-state index contributed by atoms with van der Waals surface area (Å²) in [6.07, 6.45) is 12.9. The van der Waals surface area contributed by atoms with Crippen molar-refractivity contribution >= 4 is 33.0 Å². The molecular formula is C37H35IrN2O-. The van der Waals surface area contributed by atoms with Crippen LogP contribution in [0.1, 0.15) is 87.2 Å². The molecule has 4 aromatic carbocycles. The number of rotatable bonds is 4. The molecule has 2 saturated carbocycles. The van der Waals surface area contributed by atoms with Crippen molar-refractivity contribution in [3.8, 4) is 17.1 Å². The first-order valence-electron chi connectivity index (χ1n) is 15.3. The number of aromatic nitrogens is 2. The van der Waals surface area contributed by atoms with Gasteiger partial charge in [-0.25, -0.2) is 0 Å². The van der Waals surface area contributed by atoms with Gasteiger partial charge in [0.1, 0.15) is 11.2 Å². The summed E-state index contributed by atoms with van der Waals surface area (Å²) in [6.45, 7) is 0. The molecular weight excluding hydrogens is 681 g/mol. The van der Waals surface area contributed by atoms with Gasteiger partial charge in [-0.3, -0.25) is 4.98 Å². The number of imidazole rings is 1. The molecule has 8 rings (SSSR count). The number of nitrogens with zero attached hydrogens (tertiary/aromatic N) is 2. The van der Waals surface area contributed by atoms with E-state index >= 15 is 0 Å². The van der Waals surface area contributed by atoms with Crippen LogP contribution in [0.2, 0.25) is 0 Å². The molecule has 4 heteroatoms. The third-order valence-corrected chi connectivity index (χ3v) is 9.50. The Morgan fingerprint density at radius 2 is 1.41 bits per heavy atom. The Morgan fingerprint density at radius 3 is 2.17 bits per heavy atom. The molecule has 0 unspecified atom stereocenters. The normalized spacial score (nSPS) is 16.9. The molecule has 2 aliphatic rings. The number of para-hydroxylation sites is 3. The summed E-state index contributed by atoms with van der Waals surface area (Å²) in [5.41, 5.74) is 9.44. The summed E-state index contributed by atoms with van der Waals surface area (Å²) in [7, 11) is 0. The molecule has 6 aromatic rings. The van der Waals surface area contributed by atoms with E-state index in [4.69, 9.17) is 9.40 Å². The molecule has 0 spiro atoms. The van der Waals surface area contributed by atoms with Crippen LogP contribution < -0.4 is 0 Å². The Balaban J connectivity index is 0.00000276. The maximum atomic E-state index is 6.83. The maximum Gasteiger partial charge on any atom is 0.141 e. The van der Waals surface area contributed by atoms with Crippen LogP contribution >= 0.6 is 0 Å². The molecule has 0 amide bonds. The molecule has 2 fully saturated rings. The topological polar surface area (TPSA) is 31.0 Å². The van der Waals surface area contributed by atoms with Gasteiger partial charge in [-0.1, -0.05) is 68.9 Å². The van der Waals surface area contributed by atoms with Gasteiger partial charge in [0.05, 0.1) is 27.9 Å². The van der Waals surface area contributed by atoms with Gasteiger partial charge >= 0.3 is 0 Å². The fraction of sp³-hybridized carbons (Fsp3) is 0.324. The summed E-state index contributed by atoms with van der Waals surface area (Å²) >= 11 is 0. The zero-order valence-electron chi connectivity index (χ0n) is 23.4.